The molecule has 0 atom stereocenters. The van der Waals surface area contributed by atoms with E-state index < -0.39 is 5.60 Å². The topological polar surface area (TPSA) is 58.4 Å². The number of amides is 1. The minimum Gasteiger partial charge on any atom is -0.390 e. The molecular formula is C24H31N3O2. The molecule has 1 spiro atoms. The number of benzene rings is 1. The molecule has 2 saturated carbocycles. The Labute approximate surface area is 172 Å². The van der Waals surface area contributed by atoms with Crippen LogP contribution < -0.4 is 0 Å². The van der Waals surface area contributed by atoms with Crippen LogP contribution in [0.1, 0.15) is 56.9 Å². The number of aromatic nitrogens is 2. The number of hydrogen-bond acceptors (Lipinski definition) is 3. The molecule has 1 aromatic carbocycles. The summed E-state index contributed by atoms with van der Waals surface area (Å²) in [6, 6.07) is 8.86. The fourth-order valence-corrected chi connectivity index (χ4v) is 5.75. The zero-order valence-corrected chi connectivity index (χ0v) is 17.5. The highest BCUT2D eigenvalue weighted by atomic mass is 16.3. The standard InChI is InChI=1S/C24H31N3O2/c1-23(29)11-20(12-23)22(28)27-14-24(15-27)8-6-17(7-9-24)18-4-3-5-19(10-18)21-13-26(2)16-25-21/h3-5,10,13,16-17,20,29H,6-9,11-12,14-15H2,1-2H3/t20-,23+. The van der Waals surface area contributed by atoms with Gasteiger partial charge in [0.05, 0.1) is 17.6 Å². The van der Waals surface area contributed by atoms with Gasteiger partial charge in [-0.25, -0.2) is 4.98 Å². The molecule has 5 rings (SSSR count). The van der Waals surface area contributed by atoms with Gasteiger partial charge in [-0.2, -0.15) is 0 Å². The Bertz CT molecular complexity index is 908. The first kappa shape index (κ1) is 18.9. The largest absolute Gasteiger partial charge is 0.390 e. The van der Waals surface area contributed by atoms with E-state index in [4.69, 9.17) is 0 Å². The molecule has 0 bridgehead atoms. The summed E-state index contributed by atoms with van der Waals surface area (Å²) in [5.41, 5.74) is 3.37. The van der Waals surface area contributed by atoms with Crippen molar-refractivity contribution >= 4 is 5.91 Å². The van der Waals surface area contributed by atoms with Gasteiger partial charge in [0, 0.05) is 43.2 Å². The highest BCUT2D eigenvalue weighted by Crippen LogP contribution is 2.50. The van der Waals surface area contributed by atoms with Gasteiger partial charge < -0.3 is 14.6 Å². The summed E-state index contributed by atoms with van der Waals surface area (Å²) in [4.78, 5) is 19.1. The Morgan fingerprint density at radius 1 is 1.21 bits per heavy atom. The molecule has 5 nitrogen and oxygen atoms in total. The number of aryl methyl sites for hydroxylation is 1. The van der Waals surface area contributed by atoms with Crippen LogP contribution in [0.3, 0.4) is 0 Å². The molecule has 3 fully saturated rings. The molecule has 1 N–H and O–H groups in total. The molecule has 1 aromatic heterocycles. The van der Waals surface area contributed by atoms with Gasteiger partial charge in [-0.05, 0) is 63.0 Å². The number of hydrogen-bond donors (Lipinski definition) is 1. The predicted molar refractivity (Wildman–Crippen MR) is 112 cm³/mol. The Hall–Kier alpha value is -2.14. The molecule has 2 aliphatic carbocycles. The number of rotatable bonds is 3. The minimum atomic E-state index is -0.620. The van der Waals surface area contributed by atoms with Crippen molar-refractivity contribution in [2.75, 3.05) is 13.1 Å². The van der Waals surface area contributed by atoms with Gasteiger partial charge in [0.25, 0.3) is 0 Å². The Morgan fingerprint density at radius 3 is 2.55 bits per heavy atom. The van der Waals surface area contributed by atoms with Crippen LogP contribution in [0.15, 0.2) is 36.8 Å². The van der Waals surface area contributed by atoms with Crippen LogP contribution in [0.2, 0.25) is 0 Å². The summed E-state index contributed by atoms with van der Waals surface area (Å²) in [6.45, 7) is 3.68. The van der Waals surface area contributed by atoms with Gasteiger partial charge in [-0.15, -0.1) is 0 Å². The molecule has 0 unspecified atom stereocenters. The lowest BCUT2D eigenvalue weighted by molar-refractivity contribution is -0.163. The van der Waals surface area contributed by atoms with E-state index >= 15 is 0 Å². The summed E-state index contributed by atoms with van der Waals surface area (Å²) >= 11 is 0. The average molecular weight is 394 g/mol. The fourth-order valence-electron chi connectivity index (χ4n) is 5.75. The van der Waals surface area contributed by atoms with Crippen molar-refractivity contribution in [1.82, 2.24) is 14.5 Å². The molecule has 0 radical (unpaired) electrons. The van der Waals surface area contributed by atoms with Gasteiger partial charge in [-0.3, -0.25) is 4.79 Å². The zero-order chi connectivity index (χ0) is 20.2. The molecular weight excluding hydrogens is 362 g/mol. The first-order valence-electron chi connectivity index (χ1n) is 10.9. The molecule has 29 heavy (non-hydrogen) atoms. The van der Waals surface area contributed by atoms with Crippen molar-refractivity contribution in [3.63, 3.8) is 0 Å². The van der Waals surface area contributed by atoms with E-state index in [1.54, 1.807) is 0 Å². The SMILES string of the molecule is Cn1cnc(-c2cccc(C3CCC4(CC3)CN(C(=O)[C@H]3C[C@@](C)(O)C3)C4)c2)c1. The molecule has 1 aliphatic heterocycles. The van der Waals surface area contributed by atoms with Crippen LogP contribution in [-0.2, 0) is 11.8 Å². The van der Waals surface area contributed by atoms with Gasteiger partial charge >= 0.3 is 0 Å². The molecule has 1 saturated heterocycles. The Balaban J connectivity index is 1.17. The maximum Gasteiger partial charge on any atom is 0.225 e. The quantitative estimate of drug-likeness (QED) is 0.864. The van der Waals surface area contributed by atoms with Crippen molar-refractivity contribution < 1.29 is 9.90 Å². The predicted octanol–water partition coefficient (Wildman–Crippen LogP) is 3.73. The second kappa shape index (κ2) is 6.69. The van der Waals surface area contributed by atoms with Gasteiger partial charge in [0.2, 0.25) is 5.91 Å². The summed E-state index contributed by atoms with van der Waals surface area (Å²) in [5.74, 6) is 0.927. The van der Waals surface area contributed by atoms with E-state index in [0.29, 0.717) is 24.2 Å². The van der Waals surface area contributed by atoms with E-state index in [1.165, 1.54) is 36.8 Å². The molecule has 2 aromatic rings. The Morgan fingerprint density at radius 2 is 1.93 bits per heavy atom. The highest BCUT2D eigenvalue weighted by Gasteiger charge is 2.51. The zero-order valence-electron chi connectivity index (χ0n) is 17.5. The van der Waals surface area contributed by atoms with Crippen LogP contribution in [-0.4, -0.2) is 44.2 Å². The molecule has 5 heteroatoms. The lowest BCUT2D eigenvalue weighted by Gasteiger charge is -2.55. The van der Waals surface area contributed by atoms with E-state index in [-0.39, 0.29) is 11.8 Å². The van der Waals surface area contributed by atoms with Crippen LogP contribution in [0.25, 0.3) is 11.3 Å². The van der Waals surface area contributed by atoms with Crippen LogP contribution in [0.5, 0.6) is 0 Å². The smallest absolute Gasteiger partial charge is 0.225 e. The molecule has 154 valence electrons. The number of imidazole rings is 1. The summed E-state index contributed by atoms with van der Waals surface area (Å²) in [7, 11) is 2.00. The highest BCUT2D eigenvalue weighted by molar-refractivity contribution is 5.81. The van der Waals surface area contributed by atoms with Crippen LogP contribution in [0, 0.1) is 11.3 Å². The third-order valence-corrected chi connectivity index (χ3v) is 7.49. The number of nitrogens with zero attached hydrogens (tertiary/aromatic N) is 3. The first-order valence-corrected chi connectivity index (χ1v) is 10.9. The summed E-state index contributed by atoms with van der Waals surface area (Å²) in [6.07, 6.45) is 9.98. The van der Waals surface area contributed by atoms with E-state index in [9.17, 15) is 9.90 Å². The van der Waals surface area contributed by atoms with Crippen molar-refractivity contribution in [2.24, 2.45) is 18.4 Å². The molecule has 1 amide bonds. The number of likely N-dealkylation sites (tertiary alicyclic amines) is 1. The number of carbonyl (C=O) groups is 1. The third-order valence-electron chi connectivity index (χ3n) is 7.49. The molecule has 2 heterocycles. The van der Waals surface area contributed by atoms with E-state index in [1.807, 2.05) is 29.8 Å². The normalized spacial score (nSPS) is 28.8. The third kappa shape index (κ3) is 3.50. The lowest BCUT2D eigenvalue weighted by Crippen LogP contribution is -2.62. The van der Waals surface area contributed by atoms with Gasteiger partial charge in [0.15, 0.2) is 0 Å². The van der Waals surface area contributed by atoms with Crippen molar-refractivity contribution in [3.05, 3.63) is 42.4 Å². The Kier molecular flexibility index (Phi) is 4.35. The second-order valence-corrected chi connectivity index (χ2v) is 10.1. The van der Waals surface area contributed by atoms with Gasteiger partial charge in [0.1, 0.15) is 0 Å². The summed E-state index contributed by atoms with van der Waals surface area (Å²) in [5, 5.41) is 9.90. The lowest BCUT2D eigenvalue weighted by atomic mass is 9.63. The van der Waals surface area contributed by atoms with Crippen LogP contribution in [0.4, 0.5) is 0 Å². The van der Waals surface area contributed by atoms with Crippen molar-refractivity contribution in [1.29, 1.82) is 0 Å². The van der Waals surface area contributed by atoms with Crippen molar-refractivity contribution in [2.45, 2.75) is 57.0 Å². The maximum atomic E-state index is 12.6. The first-order chi connectivity index (χ1) is 13.8. The van der Waals surface area contributed by atoms with E-state index in [2.05, 4.69) is 35.4 Å². The van der Waals surface area contributed by atoms with Gasteiger partial charge in [-0.1, -0.05) is 18.2 Å². The fraction of sp³-hybridized carbons (Fsp3) is 0.583. The summed E-state index contributed by atoms with van der Waals surface area (Å²) < 4.78 is 1.99. The van der Waals surface area contributed by atoms with E-state index in [0.717, 1.165) is 18.8 Å². The maximum absolute atomic E-state index is 12.6. The van der Waals surface area contributed by atoms with Crippen LogP contribution >= 0.6 is 0 Å². The van der Waals surface area contributed by atoms with Crippen molar-refractivity contribution in [3.8, 4) is 11.3 Å². The number of carbonyl (C=O) groups excluding carboxylic acids is 1. The molecule has 3 aliphatic rings. The number of aliphatic hydroxyl groups is 1. The average Bonchev–Trinajstić information content (AvgIpc) is 3.10. The monoisotopic (exact) mass is 393 g/mol. The second-order valence-electron chi connectivity index (χ2n) is 10.1. The minimum absolute atomic E-state index is 0.0491.